The summed E-state index contributed by atoms with van der Waals surface area (Å²) < 4.78 is 18.4. The van der Waals surface area contributed by atoms with E-state index in [1.807, 2.05) is 13.8 Å². The number of amides is 2. The highest BCUT2D eigenvalue weighted by molar-refractivity contribution is 5.76. The van der Waals surface area contributed by atoms with E-state index in [1.165, 1.54) is 6.07 Å². The molecular weight excluding hydrogens is 311 g/mol. The third-order valence-electron chi connectivity index (χ3n) is 3.48. The average Bonchev–Trinajstić information content (AvgIpc) is 2.51. The van der Waals surface area contributed by atoms with Crippen LogP contribution in [0.1, 0.15) is 39.2 Å². The number of alkyl carbamates (subject to hydrolysis) is 1. The Labute approximate surface area is 143 Å². The Morgan fingerprint density at radius 2 is 1.96 bits per heavy atom. The number of ether oxygens (including phenoxy) is 1. The monoisotopic (exact) mass is 338 g/mol. The molecule has 2 amide bonds. The second-order valence-corrected chi connectivity index (χ2v) is 6.09. The first kappa shape index (κ1) is 19.9. The molecule has 0 heterocycles. The number of benzene rings is 1. The van der Waals surface area contributed by atoms with Crippen molar-refractivity contribution in [3.8, 4) is 0 Å². The van der Waals surface area contributed by atoms with Crippen molar-refractivity contribution in [2.24, 2.45) is 5.92 Å². The van der Waals surface area contributed by atoms with Crippen LogP contribution in [0, 0.1) is 11.7 Å². The summed E-state index contributed by atoms with van der Waals surface area (Å²) in [6.07, 6.45) is 0.795. The van der Waals surface area contributed by atoms with Crippen LogP contribution in [0.25, 0.3) is 0 Å². The van der Waals surface area contributed by atoms with Gasteiger partial charge in [-0.3, -0.25) is 4.79 Å². The van der Waals surface area contributed by atoms with E-state index in [0.717, 1.165) is 6.42 Å². The Morgan fingerprint density at radius 3 is 2.58 bits per heavy atom. The number of hydrogen-bond donors (Lipinski definition) is 2. The molecule has 0 bridgehead atoms. The van der Waals surface area contributed by atoms with Gasteiger partial charge >= 0.3 is 6.09 Å². The summed E-state index contributed by atoms with van der Waals surface area (Å²) in [6.45, 7) is 6.45. The smallest absolute Gasteiger partial charge is 0.407 e. The van der Waals surface area contributed by atoms with E-state index in [0.29, 0.717) is 31.1 Å². The molecule has 1 unspecified atom stereocenters. The van der Waals surface area contributed by atoms with Gasteiger partial charge in [0.25, 0.3) is 0 Å². The Balaban J connectivity index is 2.42. The highest BCUT2D eigenvalue weighted by Crippen LogP contribution is 2.09. The molecule has 5 nitrogen and oxygen atoms in total. The van der Waals surface area contributed by atoms with Gasteiger partial charge in [-0.25, -0.2) is 9.18 Å². The van der Waals surface area contributed by atoms with Crippen LogP contribution in [-0.4, -0.2) is 31.2 Å². The number of halogens is 1. The Bertz CT molecular complexity index is 535. The lowest BCUT2D eigenvalue weighted by molar-refractivity contribution is -0.121. The number of nitrogens with one attached hydrogen (secondary N) is 2. The second-order valence-electron chi connectivity index (χ2n) is 6.09. The number of carbonyl (C=O) groups excluding carboxylic acids is 2. The van der Waals surface area contributed by atoms with E-state index in [4.69, 9.17) is 4.74 Å². The first-order chi connectivity index (χ1) is 11.4. The minimum atomic E-state index is -0.483. The van der Waals surface area contributed by atoms with Gasteiger partial charge in [-0.1, -0.05) is 32.0 Å². The molecule has 0 aliphatic rings. The molecule has 0 spiro atoms. The number of aryl methyl sites for hydroxylation is 1. The van der Waals surface area contributed by atoms with Crippen molar-refractivity contribution in [2.45, 2.75) is 46.1 Å². The molecule has 6 heteroatoms. The van der Waals surface area contributed by atoms with Gasteiger partial charge in [0.1, 0.15) is 5.82 Å². The van der Waals surface area contributed by atoms with Crippen molar-refractivity contribution in [3.05, 3.63) is 35.6 Å². The highest BCUT2D eigenvalue weighted by atomic mass is 19.1. The molecule has 0 fully saturated rings. The lowest BCUT2D eigenvalue weighted by atomic mass is 10.0. The van der Waals surface area contributed by atoms with Crippen molar-refractivity contribution in [3.63, 3.8) is 0 Å². The van der Waals surface area contributed by atoms with Crippen molar-refractivity contribution < 1.29 is 18.7 Å². The zero-order valence-corrected chi connectivity index (χ0v) is 14.6. The van der Waals surface area contributed by atoms with Gasteiger partial charge in [0.05, 0.1) is 6.61 Å². The van der Waals surface area contributed by atoms with Crippen LogP contribution >= 0.6 is 0 Å². The standard InChI is InChI=1S/C18H27FN2O3/c1-4-24-18(23)21-15(11-13(2)3)12-20-17(22)10-9-14-7-5-6-8-16(14)19/h5-8,13,15H,4,9-12H2,1-3H3,(H,20,22)(H,21,23). The minimum absolute atomic E-state index is 0.169. The summed E-state index contributed by atoms with van der Waals surface area (Å²) in [5, 5.41) is 5.55. The predicted octanol–water partition coefficient (Wildman–Crippen LogP) is 3.04. The fourth-order valence-electron chi connectivity index (χ4n) is 2.38. The molecule has 1 atom stereocenters. The molecule has 0 radical (unpaired) electrons. The first-order valence-corrected chi connectivity index (χ1v) is 8.35. The molecule has 0 saturated heterocycles. The van der Waals surface area contributed by atoms with Crippen LogP contribution < -0.4 is 10.6 Å². The van der Waals surface area contributed by atoms with Crippen LogP contribution in [0.5, 0.6) is 0 Å². The van der Waals surface area contributed by atoms with E-state index in [1.54, 1.807) is 25.1 Å². The van der Waals surface area contributed by atoms with Gasteiger partial charge in [0.15, 0.2) is 0 Å². The topological polar surface area (TPSA) is 67.4 Å². The van der Waals surface area contributed by atoms with E-state index in [9.17, 15) is 14.0 Å². The fraction of sp³-hybridized carbons (Fsp3) is 0.556. The minimum Gasteiger partial charge on any atom is -0.450 e. The van der Waals surface area contributed by atoms with Crippen LogP contribution in [0.3, 0.4) is 0 Å². The SMILES string of the molecule is CCOC(=O)NC(CNC(=O)CCc1ccccc1F)CC(C)C. The lowest BCUT2D eigenvalue weighted by Gasteiger charge is -2.20. The Hall–Kier alpha value is -2.11. The van der Waals surface area contributed by atoms with Crippen LogP contribution in [0.15, 0.2) is 24.3 Å². The van der Waals surface area contributed by atoms with E-state index in [2.05, 4.69) is 10.6 Å². The van der Waals surface area contributed by atoms with E-state index >= 15 is 0 Å². The zero-order chi connectivity index (χ0) is 17.9. The first-order valence-electron chi connectivity index (χ1n) is 8.35. The number of rotatable bonds is 9. The van der Waals surface area contributed by atoms with Crippen LogP contribution in [-0.2, 0) is 16.0 Å². The van der Waals surface area contributed by atoms with Gasteiger partial charge < -0.3 is 15.4 Å². The molecule has 0 aliphatic carbocycles. The number of carbonyl (C=O) groups is 2. The second kappa shape index (κ2) is 10.6. The molecular formula is C18H27FN2O3. The number of hydrogen-bond acceptors (Lipinski definition) is 3. The Kier molecular flexibility index (Phi) is 8.83. The molecule has 2 N–H and O–H groups in total. The molecule has 0 aromatic heterocycles. The van der Waals surface area contributed by atoms with Gasteiger partial charge in [0, 0.05) is 19.0 Å². The summed E-state index contributed by atoms with van der Waals surface area (Å²) in [5.74, 6) is -0.100. The van der Waals surface area contributed by atoms with E-state index in [-0.39, 0.29) is 24.2 Å². The third kappa shape index (κ3) is 7.94. The molecule has 1 aromatic carbocycles. The molecule has 1 aromatic rings. The largest absolute Gasteiger partial charge is 0.450 e. The van der Waals surface area contributed by atoms with E-state index < -0.39 is 6.09 Å². The molecule has 134 valence electrons. The fourth-order valence-corrected chi connectivity index (χ4v) is 2.38. The average molecular weight is 338 g/mol. The third-order valence-corrected chi connectivity index (χ3v) is 3.48. The maximum absolute atomic E-state index is 13.5. The molecule has 0 saturated carbocycles. The van der Waals surface area contributed by atoms with Crippen molar-refractivity contribution >= 4 is 12.0 Å². The normalized spacial score (nSPS) is 11.9. The van der Waals surface area contributed by atoms with Crippen LogP contribution in [0.2, 0.25) is 0 Å². The molecule has 24 heavy (non-hydrogen) atoms. The van der Waals surface area contributed by atoms with Crippen LogP contribution in [0.4, 0.5) is 9.18 Å². The van der Waals surface area contributed by atoms with Gasteiger partial charge in [-0.15, -0.1) is 0 Å². The summed E-state index contributed by atoms with van der Waals surface area (Å²) >= 11 is 0. The lowest BCUT2D eigenvalue weighted by Crippen LogP contribution is -2.44. The summed E-state index contributed by atoms with van der Waals surface area (Å²) in [5.41, 5.74) is 0.524. The highest BCUT2D eigenvalue weighted by Gasteiger charge is 2.16. The van der Waals surface area contributed by atoms with Gasteiger partial charge in [-0.2, -0.15) is 0 Å². The summed E-state index contributed by atoms with van der Waals surface area (Å²) in [6, 6.07) is 6.23. The zero-order valence-electron chi connectivity index (χ0n) is 14.6. The maximum Gasteiger partial charge on any atom is 0.407 e. The van der Waals surface area contributed by atoms with Crippen molar-refractivity contribution in [1.29, 1.82) is 0 Å². The molecule has 0 aliphatic heterocycles. The summed E-state index contributed by atoms with van der Waals surface area (Å²) in [4.78, 5) is 23.5. The van der Waals surface area contributed by atoms with Crippen molar-refractivity contribution in [1.82, 2.24) is 10.6 Å². The summed E-state index contributed by atoms with van der Waals surface area (Å²) in [7, 11) is 0. The van der Waals surface area contributed by atoms with Crippen molar-refractivity contribution in [2.75, 3.05) is 13.2 Å². The Morgan fingerprint density at radius 1 is 1.25 bits per heavy atom. The predicted molar refractivity (Wildman–Crippen MR) is 91.1 cm³/mol. The molecule has 1 rings (SSSR count). The quantitative estimate of drug-likeness (QED) is 0.727. The maximum atomic E-state index is 13.5. The van der Waals surface area contributed by atoms with Gasteiger partial charge in [0.2, 0.25) is 5.91 Å². The van der Waals surface area contributed by atoms with Gasteiger partial charge in [-0.05, 0) is 37.3 Å².